The molecule has 4 rings (SSSR count). The van der Waals surface area contributed by atoms with Gasteiger partial charge in [-0.05, 0) is 37.6 Å². The van der Waals surface area contributed by atoms with Crippen LogP contribution >= 0.6 is 11.8 Å². The molecule has 0 aliphatic heterocycles. The molecule has 0 bridgehead atoms. The summed E-state index contributed by atoms with van der Waals surface area (Å²) in [7, 11) is 0. The Morgan fingerprint density at radius 2 is 1.86 bits per heavy atom. The lowest BCUT2D eigenvalue weighted by molar-refractivity contribution is 0.465. The van der Waals surface area contributed by atoms with Crippen LogP contribution in [0.3, 0.4) is 0 Å². The normalized spacial score (nSPS) is 10.8. The molecule has 3 N–H and O–H groups in total. The molecule has 2 aromatic carbocycles. The number of rotatable bonds is 6. The van der Waals surface area contributed by atoms with Gasteiger partial charge in [-0.2, -0.15) is 15.0 Å². The molecule has 0 amide bonds. The Balaban J connectivity index is 1.46. The SMILES string of the molecule is Cc1cccc(-c2nnc(SCc3nc(N)nc(Nc4ccccc4C)n3)o2)c1. The first kappa shape index (κ1) is 18.9. The minimum absolute atomic E-state index is 0.151. The first-order valence-electron chi connectivity index (χ1n) is 8.93. The van der Waals surface area contributed by atoms with E-state index in [0.717, 1.165) is 22.4 Å². The van der Waals surface area contributed by atoms with Crippen molar-refractivity contribution in [1.82, 2.24) is 25.1 Å². The molecule has 8 nitrogen and oxygen atoms in total. The van der Waals surface area contributed by atoms with Crippen LogP contribution in [0.4, 0.5) is 17.6 Å². The fourth-order valence-corrected chi connectivity index (χ4v) is 3.30. The molecule has 29 heavy (non-hydrogen) atoms. The zero-order valence-electron chi connectivity index (χ0n) is 16.0. The molecule has 0 aliphatic carbocycles. The number of aryl methyl sites for hydroxylation is 2. The van der Waals surface area contributed by atoms with Crippen LogP contribution in [0.25, 0.3) is 11.5 Å². The first-order valence-corrected chi connectivity index (χ1v) is 9.92. The predicted molar refractivity (Wildman–Crippen MR) is 113 cm³/mol. The van der Waals surface area contributed by atoms with E-state index in [1.54, 1.807) is 0 Å². The van der Waals surface area contributed by atoms with Crippen molar-refractivity contribution in [3.63, 3.8) is 0 Å². The second-order valence-electron chi connectivity index (χ2n) is 6.40. The summed E-state index contributed by atoms with van der Waals surface area (Å²) in [6, 6.07) is 15.8. The third-order valence-corrected chi connectivity index (χ3v) is 4.90. The van der Waals surface area contributed by atoms with Crippen molar-refractivity contribution in [1.29, 1.82) is 0 Å². The smallest absolute Gasteiger partial charge is 0.277 e. The fourth-order valence-electron chi connectivity index (χ4n) is 2.68. The lowest BCUT2D eigenvalue weighted by Crippen LogP contribution is -2.07. The van der Waals surface area contributed by atoms with E-state index >= 15 is 0 Å². The van der Waals surface area contributed by atoms with Gasteiger partial charge < -0.3 is 15.5 Å². The van der Waals surface area contributed by atoms with Crippen LogP contribution in [0.15, 0.2) is 58.2 Å². The average Bonchev–Trinajstić information content (AvgIpc) is 3.17. The van der Waals surface area contributed by atoms with Gasteiger partial charge in [-0.25, -0.2) is 0 Å². The number of nitrogens with two attached hydrogens (primary N) is 1. The molecule has 2 heterocycles. The van der Waals surface area contributed by atoms with Gasteiger partial charge in [0.1, 0.15) is 5.82 Å². The number of anilines is 3. The van der Waals surface area contributed by atoms with Crippen molar-refractivity contribution >= 4 is 29.3 Å². The van der Waals surface area contributed by atoms with Crippen LogP contribution in [0.2, 0.25) is 0 Å². The van der Waals surface area contributed by atoms with Crippen molar-refractivity contribution in [3.05, 3.63) is 65.5 Å². The summed E-state index contributed by atoms with van der Waals surface area (Å²) in [6.07, 6.45) is 0. The van der Waals surface area contributed by atoms with Crippen LogP contribution < -0.4 is 11.1 Å². The second-order valence-corrected chi connectivity index (χ2v) is 7.33. The Morgan fingerprint density at radius 1 is 1.00 bits per heavy atom. The molecular weight excluding hydrogens is 386 g/mol. The van der Waals surface area contributed by atoms with Gasteiger partial charge in [-0.1, -0.05) is 47.7 Å². The van der Waals surface area contributed by atoms with Gasteiger partial charge in [-0.15, -0.1) is 10.2 Å². The highest BCUT2D eigenvalue weighted by atomic mass is 32.2. The summed E-state index contributed by atoms with van der Waals surface area (Å²) < 4.78 is 5.74. The van der Waals surface area contributed by atoms with E-state index in [2.05, 4.69) is 30.5 Å². The topological polar surface area (TPSA) is 116 Å². The second kappa shape index (κ2) is 8.27. The predicted octanol–water partition coefficient (Wildman–Crippen LogP) is 4.16. The minimum Gasteiger partial charge on any atom is -0.411 e. The van der Waals surface area contributed by atoms with Crippen molar-refractivity contribution in [2.75, 3.05) is 11.1 Å². The van der Waals surface area contributed by atoms with E-state index in [0.29, 0.717) is 28.6 Å². The molecule has 2 aromatic heterocycles. The lowest BCUT2D eigenvalue weighted by atomic mass is 10.1. The summed E-state index contributed by atoms with van der Waals surface area (Å²) >= 11 is 1.34. The molecule has 0 radical (unpaired) electrons. The maximum Gasteiger partial charge on any atom is 0.277 e. The highest BCUT2D eigenvalue weighted by Gasteiger charge is 2.12. The Kier molecular flexibility index (Phi) is 5.39. The number of thioether (sulfide) groups is 1. The van der Waals surface area contributed by atoms with Gasteiger partial charge in [0.15, 0.2) is 0 Å². The first-order chi connectivity index (χ1) is 14.1. The number of para-hydroxylation sites is 1. The molecule has 9 heteroatoms. The van der Waals surface area contributed by atoms with E-state index in [-0.39, 0.29) is 5.95 Å². The fraction of sp³-hybridized carbons (Fsp3) is 0.150. The molecular formula is C20H19N7OS. The van der Waals surface area contributed by atoms with Gasteiger partial charge in [-0.3, -0.25) is 0 Å². The number of nitrogens with zero attached hydrogens (tertiary/aromatic N) is 5. The van der Waals surface area contributed by atoms with E-state index < -0.39 is 0 Å². The summed E-state index contributed by atoms with van der Waals surface area (Å²) in [5, 5.41) is 11.8. The van der Waals surface area contributed by atoms with Gasteiger partial charge in [0.2, 0.25) is 17.8 Å². The van der Waals surface area contributed by atoms with E-state index in [9.17, 15) is 0 Å². The van der Waals surface area contributed by atoms with Crippen LogP contribution in [0, 0.1) is 13.8 Å². The van der Waals surface area contributed by atoms with Crippen LogP contribution in [0.1, 0.15) is 17.0 Å². The summed E-state index contributed by atoms with van der Waals surface area (Å²) in [5.41, 5.74) is 9.86. The van der Waals surface area contributed by atoms with Crippen LogP contribution in [0.5, 0.6) is 0 Å². The van der Waals surface area contributed by atoms with Crippen molar-refractivity contribution in [2.24, 2.45) is 0 Å². The van der Waals surface area contributed by atoms with E-state index in [1.807, 2.05) is 62.4 Å². The number of hydrogen-bond acceptors (Lipinski definition) is 9. The van der Waals surface area contributed by atoms with Gasteiger partial charge in [0.25, 0.3) is 5.22 Å². The molecule has 0 fully saturated rings. The quantitative estimate of drug-likeness (QED) is 0.456. The number of aromatic nitrogens is 5. The third kappa shape index (κ3) is 4.69. The molecule has 0 spiro atoms. The Hall–Kier alpha value is -3.46. The molecule has 0 saturated carbocycles. The number of nitrogens with one attached hydrogen (secondary N) is 1. The maximum atomic E-state index is 5.85. The Bertz CT molecular complexity index is 1150. The van der Waals surface area contributed by atoms with Crippen LogP contribution in [-0.4, -0.2) is 25.1 Å². The molecule has 0 aliphatic rings. The average molecular weight is 405 g/mol. The number of nitrogen functional groups attached to an aromatic ring is 1. The third-order valence-electron chi connectivity index (χ3n) is 4.09. The molecule has 0 atom stereocenters. The van der Waals surface area contributed by atoms with Gasteiger partial charge in [0.05, 0.1) is 5.75 Å². The Labute approximate surface area is 172 Å². The highest BCUT2D eigenvalue weighted by Crippen LogP contribution is 2.26. The Morgan fingerprint density at radius 3 is 2.69 bits per heavy atom. The van der Waals surface area contributed by atoms with Crippen molar-refractivity contribution in [3.8, 4) is 11.5 Å². The lowest BCUT2D eigenvalue weighted by Gasteiger charge is -2.09. The molecule has 0 unspecified atom stereocenters. The van der Waals surface area contributed by atoms with Crippen molar-refractivity contribution in [2.45, 2.75) is 24.8 Å². The number of benzene rings is 2. The van der Waals surface area contributed by atoms with Gasteiger partial charge >= 0.3 is 0 Å². The summed E-state index contributed by atoms with van der Waals surface area (Å²) in [4.78, 5) is 12.8. The highest BCUT2D eigenvalue weighted by molar-refractivity contribution is 7.98. The van der Waals surface area contributed by atoms with E-state index in [4.69, 9.17) is 10.2 Å². The molecule has 146 valence electrons. The monoisotopic (exact) mass is 405 g/mol. The number of hydrogen-bond donors (Lipinski definition) is 2. The molecule has 4 aromatic rings. The van der Waals surface area contributed by atoms with E-state index in [1.165, 1.54) is 11.8 Å². The largest absolute Gasteiger partial charge is 0.411 e. The standard InChI is InChI=1S/C20H19N7OS/c1-12-6-5-8-14(10-12)17-26-27-20(28-17)29-11-16-23-18(21)25-19(24-16)22-15-9-4-3-7-13(15)2/h3-10H,11H2,1-2H3,(H3,21,22,23,24,25). The van der Waals surface area contributed by atoms with Crippen LogP contribution in [-0.2, 0) is 5.75 Å². The maximum absolute atomic E-state index is 5.85. The summed E-state index contributed by atoms with van der Waals surface area (Å²) in [5.74, 6) is 1.97. The minimum atomic E-state index is 0.151. The molecule has 0 saturated heterocycles. The summed E-state index contributed by atoms with van der Waals surface area (Å²) in [6.45, 7) is 4.02. The van der Waals surface area contributed by atoms with Gasteiger partial charge in [0, 0.05) is 11.3 Å². The zero-order valence-corrected chi connectivity index (χ0v) is 16.8. The van der Waals surface area contributed by atoms with Crippen molar-refractivity contribution < 1.29 is 4.42 Å². The zero-order chi connectivity index (χ0) is 20.2.